The second-order valence-corrected chi connectivity index (χ2v) is 12.4. The summed E-state index contributed by atoms with van der Waals surface area (Å²) >= 11 is 0. The highest BCUT2D eigenvalue weighted by Crippen LogP contribution is 2.41. The second-order valence-electron chi connectivity index (χ2n) is 12.4. The van der Waals surface area contributed by atoms with Crippen molar-refractivity contribution in [1.29, 1.82) is 0 Å². The van der Waals surface area contributed by atoms with E-state index in [-0.39, 0.29) is 18.1 Å². The molecule has 234 valence electrons. The normalized spacial score (nSPS) is 27.7. The number of esters is 2. The first kappa shape index (κ1) is 33.7. The number of likely N-dealkylation sites (N-methyl/N-ethyl adjacent to an activating group) is 1. The smallest absolute Gasteiger partial charge is 0.340 e. The number of methoxy groups -OCH3 is 1. The molecule has 2 aliphatic rings. The Hall–Kier alpha value is -2.79. The van der Waals surface area contributed by atoms with Crippen LogP contribution in [-0.4, -0.2) is 86.4 Å². The summed E-state index contributed by atoms with van der Waals surface area (Å²) in [5.74, 6) is -2.68. The fourth-order valence-electron chi connectivity index (χ4n) is 5.80. The van der Waals surface area contributed by atoms with Crippen LogP contribution in [0.4, 0.5) is 0 Å². The Balaban J connectivity index is 2.08. The maximum absolute atomic E-state index is 13.3. The Kier molecular flexibility index (Phi) is 11.0. The van der Waals surface area contributed by atoms with E-state index < -0.39 is 47.7 Å². The lowest BCUT2D eigenvalue weighted by molar-refractivity contribution is -0.297. The summed E-state index contributed by atoms with van der Waals surface area (Å²) in [7, 11) is 5.40. The van der Waals surface area contributed by atoms with Crippen LogP contribution in [0.25, 0.3) is 0 Å². The fraction of sp³-hybridized carbons (Fsp3) is 0.656. The van der Waals surface area contributed by atoms with E-state index in [9.17, 15) is 14.4 Å². The lowest BCUT2D eigenvalue weighted by Gasteiger charge is -2.48. The van der Waals surface area contributed by atoms with Gasteiger partial charge in [0.15, 0.2) is 12.4 Å². The predicted octanol–water partition coefficient (Wildman–Crippen LogP) is 4.51. The number of hydrogen-bond donors (Lipinski definition) is 0. The van der Waals surface area contributed by atoms with Crippen LogP contribution in [0.15, 0.2) is 41.7 Å². The van der Waals surface area contributed by atoms with Gasteiger partial charge in [-0.3, -0.25) is 0 Å². The van der Waals surface area contributed by atoms with Crippen LogP contribution in [0.1, 0.15) is 71.7 Å². The number of nitrogens with zero attached hydrogens (tertiary/aromatic N) is 1. The molecule has 3 rings (SSSR count). The summed E-state index contributed by atoms with van der Waals surface area (Å²) in [6.45, 7) is 12.5. The van der Waals surface area contributed by atoms with Gasteiger partial charge in [-0.05, 0) is 59.8 Å². The van der Waals surface area contributed by atoms with E-state index in [0.29, 0.717) is 29.7 Å². The quantitative estimate of drug-likeness (QED) is 0.255. The second kappa shape index (κ2) is 13.7. The molecule has 2 aliphatic heterocycles. The Morgan fingerprint density at radius 2 is 1.83 bits per heavy atom. The van der Waals surface area contributed by atoms with Gasteiger partial charge in [0, 0.05) is 32.8 Å². The highest BCUT2D eigenvalue weighted by molar-refractivity contribution is 5.89. The molecule has 42 heavy (non-hydrogen) atoms. The maximum atomic E-state index is 13.3. The zero-order chi connectivity index (χ0) is 31.4. The summed E-state index contributed by atoms with van der Waals surface area (Å²) in [6.07, 6.45) is -1.01. The average Bonchev–Trinajstić information content (AvgIpc) is 2.94. The molecule has 0 amide bonds. The van der Waals surface area contributed by atoms with Crippen molar-refractivity contribution in [3.63, 3.8) is 0 Å². The minimum absolute atomic E-state index is 0.214. The molecule has 0 N–H and O–H groups in total. The first-order valence-corrected chi connectivity index (χ1v) is 14.5. The molecule has 1 aromatic rings. The summed E-state index contributed by atoms with van der Waals surface area (Å²) in [6, 6.07) is 8.55. The highest BCUT2D eigenvalue weighted by atomic mass is 16.7. The van der Waals surface area contributed by atoms with Gasteiger partial charge in [-0.2, -0.15) is 0 Å². The van der Waals surface area contributed by atoms with Gasteiger partial charge in [-0.25, -0.2) is 9.59 Å². The Bertz CT molecular complexity index is 1130. The molecule has 0 unspecified atom stereocenters. The monoisotopic (exact) mass is 589 g/mol. The average molecular weight is 590 g/mol. The molecular formula is C32H47NO9. The summed E-state index contributed by atoms with van der Waals surface area (Å²) in [5.41, 5.74) is -0.308. The first-order valence-electron chi connectivity index (χ1n) is 14.5. The van der Waals surface area contributed by atoms with Gasteiger partial charge in [-0.15, -0.1) is 0 Å². The lowest BCUT2D eigenvalue weighted by atomic mass is 9.80. The van der Waals surface area contributed by atoms with Gasteiger partial charge >= 0.3 is 11.9 Å². The number of rotatable bonds is 12. The van der Waals surface area contributed by atoms with Gasteiger partial charge in [0.1, 0.15) is 12.0 Å². The summed E-state index contributed by atoms with van der Waals surface area (Å²) < 4.78 is 37.0. The van der Waals surface area contributed by atoms with Crippen molar-refractivity contribution in [2.45, 2.75) is 103 Å². The molecule has 0 aliphatic carbocycles. The molecule has 1 fully saturated rings. The van der Waals surface area contributed by atoms with E-state index in [1.165, 1.54) is 0 Å². The Morgan fingerprint density at radius 3 is 2.40 bits per heavy atom. The van der Waals surface area contributed by atoms with E-state index >= 15 is 0 Å². The van der Waals surface area contributed by atoms with Gasteiger partial charge in [0.05, 0.1) is 35.0 Å². The number of carbonyl (C=O) groups is 3. The third-order valence-corrected chi connectivity index (χ3v) is 8.05. The van der Waals surface area contributed by atoms with Gasteiger partial charge < -0.3 is 38.1 Å². The van der Waals surface area contributed by atoms with Crippen molar-refractivity contribution in [3.05, 3.63) is 47.2 Å². The van der Waals surface area contributed by atoms with Crippen LogP contribution < -0.4 is 0 Å². The summed E-state index contributed by atoms with van der Waals surface area (Å²) in [5, 5.41) is 0. The predicted molar refractivity (Wildman–Crippen MR) is 155 cm³/mol. The minimum atomic E-state index is -1.19. The lowest BCUT2D eigenvalue weighted by Crippen LogP contribution is -2.59. The van der Waals surface area contributed by atoms with Gasteiger partial charge in [0.2, 0.25) is 5.79 Å². The molecule has 1 saturated heterocycles. The van der Waals surface area contributed by atoms with E-state index in [4.69, 9.17) is 28.4 Å². The number of carbonyl (C=O) groups excluding carboxylic acids is 3. The molecule has 1 aromatic carbocycles. The zero-order valence-corrected chi connectivity index (χ0v) is 26.5. The fourth-order valence-corrected chi connectivity index (χ4v) is 5.80. The summed E-state index contributed by atoms with van der Waals surface area (Å²) in [4.78, 5) is 39.8. The van der Waals surface area contributed by atoms with Crippen LogP contribution in [0, 0.1) is 11.8 Å². The maximum Gasteiger partial charge on any atom is 0.340 e. The van der Waals surface area contributed by atoms with Gasteiger partial charge in [0.25, 0.3) is 0 Å². The van der Waals surface area contributed by atoms with Crippen LogP contribution in [0.2, 0.25) is 0 Å². The van der Waals surface area contributed by atoms with Crippen molar-refractivity contribution < 1.29 is 42.8 Å². The molecular weight excluding hydrogens is 542 g/mol. The third kappa shape index (κ3) is 7.78. The number of benzene rings is 1. The van der Waals surface area contributed by atoms with E-state index in [1.807, 2.05) is 45.8 Å². The number of ether oxygens (including phenoxy) is 6. The molecule has 0 bridgehead atoms. The van der Waals surface area contributed by atoms with Crippen molar-refractivity contribution in [3.8, 4) is 0 Å². The van der Waals surface area contributed by atoms with E-state index in [1.54, 1.807) is 59.1 Å². The number of cyclic esters (lactones) is 1. The van der Waals surface area contributed by atoms with Gasteiger partial charge in [-0.1, -0.05) is 32.0 Å². The standard InChI is InChI=1S/C32H47NO9/c1-19(18-34)17-32(7,37-10)27(21(3)25-22(4)28(35)42-31(5,6)41-25)40-30-26(24(33(8)9)16-20(2)38-30)39-29(36)23-14-12-11-13-15-23/h11-15,18-21,24,26-27,30H,16-17H2,1-10H3/t19-,20-,21+,24+,26-,27-,30+,32-/m1/s1. The molecule has 10 nitrogen and oxygen atoms in total. The minimum Gasteiger partial charge on any atom is -0.456 e. The molecule has 0 spiro atoms. The Labute approximate surface area is 249 Å². The largest absolute Gasteiger partial charge is 0.456 e. The first-order chi connectivity index (χ1) is 19.6. The zero-order valence-electron chi connectivity index (χ0n) is 26.5. The molecule has 10 heteroatoms. The van der Waals surface area contributed by atoms with Crippen molar-refractivity contribution in [1.82, 2.24) is 4.90 Å². The van der Waals surface area contributed by atoms with Crippen LogP contribution in [0.5, 0.6) is 0 Å². The number of aldehydes is 1. The van der Waals surface area contributed by atoms with Crippen molar-refractivity contribution in [2.75, 3.05) is 21.2 Å². The SMILES string of the molecule is CO[C@](C)(C[C@@H](C)C=O)[C@H](O[C@@H]1O[C@H](C)C[C@H](N(C)C)[C@H]1OC(=O)c1ccccc1)[C@@H](C)C1=C(C)C(=O)OC(C)(C)O1. The molecule has 0 aromatic heterocycles. The topological polar surface area (TPSA) is 110 Å². The van der Waals surface area contributed by atoms with Crippen LogP contribution >= 0.6 is 0 Å². The third-order valence-electron chi connectivity index (χ3n) is 8.05. The van der Waals surface area contributed by atoms with Crippen LogP contribution in [-0.2, 0) is 38.0 Å². The number of hydrogen-bond acceptors (Lipinski definition) is 10. The van der Waals surface area contributed by atoms with E-state index in [2.05, 4.69) is 0 Å². The van der Waals surface area contributed by atoms with Crippen LogP contribution in [0.3, 0.4) is 0 Å². The highest BCUT2D eigenvalue weighted by Gasteiger charge is 2.50. The molecule has 8 atom stereocenters. The Morgan fingerprint density at radius 1 is 1.19 bits per heavy atom. The molecule has 0 saturated carbocycles. The molecule has 0 radical (unpaired) electrons. The van der Waals surface area contributed by atoms with Crippen molar-refractivity contribution >= 4 is 18.2 Å². The van der Waals surface area contributed by atoms with E-state index in [0.717, 1.165) is 6.29 Å². The van der Waals surface area contributed by atoms with Crippen molar-refractivity contribution in [2.24, 2.45) is 11.8 Å². The molecule has 2 heterocycles.